The van der Waals surface area contributed by atoms with E-state index in [0.717, 1.165) is 24.0 Å². The molecule has 0 aliphatic carbocycles. The Morgan fingerprint density at radius 2 is 2.12 bits per heavy atom. The van der Waals surface area contributed by atoms with Crippen LogP contribution in [0.4, 0.5) is 4.39 Å². The third-order valence-corrected chi connectivity index (χ3v) is 3.39. The van der Waals surface area contributed by atoms with Gasteiger partial charge in [-0.05, 0) is 37.7 Å². The number of halogens is 2. The first-order chi connectivity index (χ1) is 8.13. The summed E-state index contributed by atoms with van der Waals surface area (Å²) >= 11 is 3.38. The molecule has 4 heteroatoms. The first-order valence-corrected chi connectivity index (χ1v) is 6.82. The van der Waals surface area contributed by atoms with Gasteiger partial charge in [0.2, 0.25) is 0 Å². The third-order valence-electron chi connectivity index (χ3n) is 2.90. The Kier molecular flexibility index (Phi) is 6.09. The van der Waals surface area contributed by atoms with Gasteiger partial charge in [0.15, 0.2) is 0 Å². The minimum absolute atomic E-state index is 0.0440. The van der Waals surface area contributed by atoms with E-state index in [1.165, 1.54) is 6.07 Å². The number of nitrogens with zero attached hydrogens (tertiary/aromatic N) is 1. The smallest absolute Gasteiger partial charge is 0.128 e. The van der Waals surface area contributed by atoms with Gasteiger partial charge in [0, 0.05) is 22.6 Å². The Bertz CT molecular complexity index is 357. The van der Waals surface area contributed by atoms with E-state index in [4.69, 9.17) is 5.73 Å². The number of hydrogen-bond donors (Lipinski definition) is 1. The molecule has 0 amide bonds. The van der Waals surface area contributed by atoms with Crippen molar-refractivity contribution in [3.05, 3.63) is 34.1 Å². The molecule has 2 nitrogen and oxygen atoms in total. The Balaban J connectivity index is 3.02. The molecule has 0 aliphatic rings. The highest BCUT2D eigenvalue weighted by Crippen LogP contribution is 2.25. The van der Waals surface area contributed by atoms with Gasteiger partial charge in [0.05, 0.1) is 0 Å². The number of hydrogen-bond acceptors (Lipinski definition) is 2. The van der Waals surface area contributed by atoms with Crippen LogP contribution in [0.3, 0.4) is 0 Å². The van der Waals surface area contributed by atoms with Crippen LogP contribution in [0.2, 0.25) is 0 Å². The van der Waals surface area contributed by atoms with Gasteiger partial charge < -0.3 is 5.73 Å². The summed E-state index contributed by atoms with van der Waals surface area (Å²) in [7, 11) is 0. The Labute approximate surface area is 111 Å². The van der Waals surface area contributed by atoms with Gasteiger partial charge in [-0.3, -0.25) is 4.90 Å². The van der Waals surface area contributed by atoms with Crippen molar-refractivity contribution in [1.29, 1.82) is 0 Å². The number of rotatable bonds is 6. The molecule has 17 heavy (non-hydrogen) atoms. The highest BCUT2D eigenvalue weighted by molar-refractivity contribution is 9.10. The van der Waals surface area contributed by atoms with Crippen molar-refractivity contribution in [3.8, 4) is 0 Å². The number of nitrogens with two attached hydrogens (primary N) is 1. The molecule has 0 aromatic heterocycles. The summed E-state index contributed by atoms with van der Waals surface area (Å²) in [6.45, 7) is 6.44. The van der Waals surface area contributed by atoms with Crippen LogP contribution in [0.15, 0.2) is 22.7 Å². The molecule has 1 aromatic rings. The minimum atomic E-state index is -0.182. The summed E-state index contributed by atoms with van der Waals surface area (Å²) in [5.41, 5.74) is 6.48. The second-order valence-electron chi connectivity index (χ2n) is 4.05. The molecular weight excluding hydrogens is 283 g/mol. The molecular formula is C13H20BrFN2. The van der Waals surface area contributed by atoms with Gasteiger partial charge in [-0.2, -0.15) is 0 Å². The van der Waals surface area contributed by atoms with E-state index in [9.17, 15) is 4.39 Å². The van der Waals surface area contributed by atoms with E-state index in [-0.39, 0.29) is 11.9 Å². The molecule has 1 aromatic carbocycles. The topological polar surface area (TPSA) is 29.3 Å². The molecule has 0 radical (unpaired) electrons. The molecule has 0 saturated carbocycles. The van der Waals surface area contributed by atoms with Gasteiger partial charge in [0.1, 0.15) is 5.82 Å². The van der Waals surface area contributed by atoms with E-state index >= 15 is 0 Å². The zero-order valence-corrected chi connectivity index (χ0v) is 12.0. The Morgan fingerprint density at radius 1 is 1.41 bits per heavy atom. The molecule has 0 fully saturated rings. The second-order valence-corrected chi connectivity index (χ2v) is 4.96. The maximum atomic E-state index is 13.8. The van der Waals surface area contributed by atoms with Crippen molar-refractivity contribution in [2.24, 2.45) is 5.73 Å². The predicted molar refractivity (Wildman–Crippen MR) is 73.4 cm³/mol. The maximum absolute atomic E-state index is 13.8. The summed E-state index contributed by atoms with van der Waals surface area (Å²) in [6.07, 6.45) is 1.04. The van der Waals surface area contributed by atoms with Crippen LogP contribution in [-0.4, -0.2) is 24.5 Å². The molecule has 1 rings (SSSR count). The highest BCUT2D eigenvalue weighted by Gasteiger charge is 2.20. The molecule has 0 saturated heterocycles. The molecule has 0 bridgehead atoms. The standard InChI is InChI=1S/C13H20BrFN2/c1-3-7-17(4-2)13(9-16)11-8-10(14)5-6-12(11)15/h5-6,8,13H,3-4,7,9,16H2,1-2H3. The number of likely N-dealkylation sites (N-methyl/N-ethyl adjacent to an activating group) is 1. The first-order valence-electron chi connectivity index (χ1n) is 6.03. The fourth-order valence-corrected chi connectivity index (χ4v) is 2.44. The molecule has 0 spiro atoms. The average molecular weight is 303 g/mol. The molecule has 96 valence electrons. The zero-order chi connectivity index (χ0) is 12.8. The summed E-state index contributed by atoms with van der Waals surface area (Å²) in [5, 5.41) is 0. The van der Waals surface area contributed by atoms with Crippen LogP contribution in [0.5, 0.6) is 0 Å². The number of benzene rings is 1. The molecule has 0 aliphatic heterocycles. The molecule has 0 heterocycles. The van der Waals surface area contributed by atoms with Crippen molar-refractivity contribution in [3.63, 3.8) is 0 Å². The predicted octanol–water partition coefficient (Wildman–Crippen LogP) is 3.32. The van der Waals surface area contributed by atoms with Crippen LogP contribution >= 0.6 is 15.9 Å². The van der Waals surface area contributed by atoms with Crippen molar-refractivity contribution in [2.75, 3.05) is 19.6 Å². The highest BCUT2D eigenvalue weighted by atomic mass is 79.9. The molecule has 1 atom stereocenters. The van der Waals surface area contributed by atoms with Crippen LogP contribution < -0.4 is 5.73 Å². The lowest BCUT2D eigenvalue weighted by Crippen LogP contribution is -2.34. The summed E-state index contributed by atoms with van der Waals surface area (Å²) in [5.74, 6) is -0.182. The minimum Gasteiger partial charge on any atom is -0.329 e. The van der Waals surface area contributed by atoms with Crippen molar-refractivity contribution >= 4 is 15.9 Å². The van der Waals surface area contributed by atoms with Gasteiger partial charge >= 0.3 is 0 Å². The van der Waals surface area contributed by atoms with Crippen molar-refractivity contribution < 1.29 is 4.39 Å². The van der Waals surface area contributed by atoms with Crippen LogP contribution in [0.1, 0.15) is 31.9 Å². The van der Waals surface area contributed by atoms with Crippen molar-refractivity contribution in [1.82, 2.24) is 4.90 Å². The second kappa shape index (κ2) is 7.09. The van der Waals surface area contributed by atoms with E-state index in [0.29, 0.717) is 12.1 Å². The maximum Gasteiger partial charge on any atom is 0.128 e. The Hall–Kier alpha value is -0.450. The normalized spacial score (nSPS) is 13.1. The SMILES string of the molecule is CCCN(CC)C(CN)c1cc(Br)ccc1F. The van der Waals surface area contributed by atoms with Gasteiger partial charge in [0.25, 0.3) is 0 Å². The lowest BCUT2D eigenvalue weighted by atomic mass is 10.0. The molecule has 2 N–H and O–H groups in total. The summed E-state index contributed by atoms with van der Waals surface area (Å²) in [6, 6.07) is 4.98. The van der Waals surface area contributed by atoms with Crippen LogP contribution in [0, 0.1) is 5.82 Å². The van der Waals surface area contributed by atoms with Gasteiger partial charge in [-0.1, -0.05) is 29.8 Å². The monoisotopic (exact) mass is 302 g/mol. The average Bonchev–Trinajstić information content (AvgIpc) is 2.33. The molecule has 1 unspecified atom stereocenters. The van der Waals surface area contributed by atoms with Gasteiger partial charge in [-0.25, -0.2) is 4.39 Å². The largest absolute Gasteiger partial charge is 0.329 e. The summed E-state index contributed by atoms with van der Waals surface area (Å²) < 4.78 is 14.7. The quantitative estimate of drug-likeness (QED) is 0.873. The van der Waals surface area contributed by atoms with Gasteiger partial charge in [-0.15, -0.1) is 0 Å². The van der Waals surface area contributed by atoms with Crippen LogP contribution in [0.25, 0.3) is 0 Å². The lowest BCUT2D eigenvalue weighted by Gasteiger charge is -2.30. The fourth-order valence-electron chi connectivity index (χ4n) is 2.06. The Morgan fingerprint density at radius 3 is 2.65 bits per heavy atom. The zero-order valence-electron chi connectivity index (χ0n) is 10.4. The fraction of sp³-hybridized carbons (Fsp3) is 0.538. The lowest BCUT2D eigenvalue weighted by molar-refractivity contribution is 0.208. The van der Waals surface area contributed by atoms with E-state index in [2.05, 4.69) is 34.7 Å². The van der Waals surface area contributed by atoms with Crippen LogP contribution in [-0.2, 0) is 0 Å². The summed E-state index contributed by atoms with van der Waals surface area (Å²) in [4.78, 5) is 2.21. The van der Waals surface area contributed by atoms with E-state index in [1.807, 2.05) is 6.07 Å². The van der Waals surface area contributed by atoms with E-state index < -0.39 is 0 Å². The van der Waals surface area contributed by atoms with Crippen molar-refractivity contribution in [2.45, 2.75) is 26.3 Å². The first kappa shape index (κ1) is 14.6. The van der Waals surface area contributed by atoms with E-state index in [1.54, 1.807) is 6.07 Å². The third kappa shape index (κ3) is 3.76.